The van der Waals surface area contributed by atoms with Crippen molar-refractivity contribution in [3.63, 3.8) is 0 Å². The second-order valence-electron chi connectivity index (χ2n) is 7.13. The van der Waals surface area contributed by atoms with Gasteiger partial charge in [-0.2, -0.15) is 4.98 Å². The summed E-state index contributed by atoms with van der Waals surface area (Å²) >= 11 is 7.73. The molecule has 3 heterocycles. The van der Waals surface area contributed by atoms with Crippen LogP contribution in [0.3, 0.4) is 0 Å². The predicted molar refractivity (Wildman–Crippen MR) is 128 cm³/mol. The molecular weight excluding hydrogens is 447 g/mol. The molecule has 0 unspecified atom stereocenters. The summed E-state index contributed by atoms with van der Waals surface area (Å²) in [5.41, 5.74) is 9.00. The maximum absolute atomic E-state index is 13.5. The Morgan fingerprint density at radius 1 is 1.03 bits per heavy atom. The molecule has 160 valence electrons. The molecule has 0 fully saturated rings. The van der Waals surface area contributed by atoms with E-state index in [0.717, 1.165) is 17.7 Å². The number of aromatic nitrogens is 4. The van der Waals surface area contributed by atoms with Gasteiger partial charge in [0.05, 0.1) is 16.8 Å². The van der Waals surface area contributed by atoms with Gasteiger partial charge < -0.3 is 11.1 Å². The minimum Gasteiger partial charge on any atom is -0.383 e. The van der Waals surface area contributed by atoms with E-state index in [4.69, 9.17) is 22.3 Å². The van der Waals surface area contributed by atoms with E-state index in [-0.39, 0.29) is 5.82 Å². The molecule has 32 heavy (non-hydrogen) atoms. The van der Waals surface area contributed by atoms with Gasteiger partial charge >= 0.3 is 0 Å². The topological polar surface area (TPSA) is 81.7 Å². The third-order valence-corrected chi connectivity index (χ3v) is 6.18. The number of thiophene rings is 1. The predicted octanol–water partition coefficient (Wildman–Crippen LogP) is 5.57. The van der Waals surface area contributed by atoms with E-state index in [9.17, 15) is 4.39 Å². The number of rotatable bonds is 6. The number of nitrogens with two attached hydrogens (primary N) is 1. The molecule has 5 rings (SSSR count). The molecule has 0 saturated carbocycles. The van der Waals surface area contributed by atoms with Gasteiger partial charge in [-0.05, 0) is 66.4 Å². The van der Waals surface area contributed by atoms with Crippen molar-refractivity contribution in [1.29, 1.82) is 0 Å². The molecule has 2 aromatic carbocycles. The summed E-state index contributed by atoms with van der Waals surface area (Å²) in [7, 11) is 0. The highest BCUT2D eigenvalue weighted by Gasteiger charge is 2.19. The van der Waals surface area contributed by atoms with Gasteiger partial charge in [-0.15, -0.1) is 16.4 Å². The Labute approximate surface area is 192 Å². The number of nitrogens with one attached hydrogen (secondary N) is 1. The van der Waals surface area contributed by atoms with Crippen LogP contribution >= 0.6 is 22.9 Å². The summed E-state index contributed by atoms with van der Waals surface area (Å²) in [5.74, 6) is 0.513. The van der Waals surface area contributed by atoms with Crippen LogP contribution in [0.4, 0.5) is 16.2 Å². The molecule has 0 spiro atoms. The van der Waals surface area contributed by atoms with E-state index >= 15 is 0 Å². The molecular formula is C23H18ClFN6S. The Morgan fingerprint density at radius 2 is 1.81 bits per heavy atom. The molecule has 0 aliphatic carbocycles. The summed E-state index contributed by atoms with van der Waals surface area (Å²) in [6.45, 7) is 0.669. The molecule has 0 bridgehead atoms. The monoisotopic (exact) mass is 464 g/mol. The molecule has 9 heteroatoms. The van der Waals surface area contributed by atoms with Crippen LogP contribution in [0.25, 0.3) is 28.0 Å². The van der Waals surface area contributed by atoms with Gasteiger partial charge in [0.2, 0.25) is 5.95 Å². The largest absolute Gasteiger partial charge is 0.383 e. The highest BCUT2D eigenvalue weighted by molar-refractivity contribution is 7.09. The van der Waals surface area contributed by atoms with E-state index in [1.54, 1.807) is 40.3 Å². The molecule has 5 aromatic rings. The molecule has 0 amide bonds. The lowest BCUT2D eigenvalue weighted by molar-refractivity contribution is 0.628. The molecule has 6 nitrogen and oxygen atoms in total. The first-order chi connectivity index (χ1) is 15.6. The van der Waals surface area contributed by atoms with E-state index < -0.39 is 0 Å². The van der Waals surface area contributed by atoms with Crippen molar-refractivity contribution in [2.45, 2.75) is 6.42 Å². The normalized spacial score (nSPS) is 11.2. The van der Waals surface area contributed by atoms with Crippen LogP contribution in [-0.2, 0) is 6.42 Å². The summed E-state index contributed by atoms with van der Waals surface area (Å²) in [4.78, 5) is 10.6. The number of nitrogens with zero attached hydrogens (tertiary/aromatic N) is 4. The lowest BCUT2D eigenvalue weighted by atomic mass is 10.1. The molecule has 0 aliphatic heterocycles. The lowest BCUT2D eigenvalue weighted by Crippen LogP contribution is -2.08. The van der Waals surface area contributed by atoms with Crippen LogP contribution in [-0.4, -0.2) is 26.3 Å². The van der Waals surface area contributed by atoms with E-state index in [2.05, 4.69) is 26.8 Å². The summed E-state index contributed by atoms with van der Waals surface area (Å²) in [6, 6.07) is 17.5. The fourth-order valence-electron chi connectivity index (χ4n) is 3.44. The molecule has 0 atom stereocenters. The number of anilines is 2. The van der Waals surface area contributed by atoms with Gasteiger partial charge in [-0.25, -0.2) is 14.1 Å². The number of hydrogen-bond acceptors (Lipinski definition) is 6. The smallest absolute Gasteiger partial charge is 0.225 e. The first-order valence-corrected chi connectivity index (χ1v) is 11.2. The van der Waals surface area contributed by atoms with Crippen molar-refractivity contribution in [2.75, 3.05) is 17.6 Å². The Hall–Kier alpha value is -3.49. The van der Waals surface area contributed by atoms with E-state index in [1.165, 1.54) is 17.0 Å². The minimum absolute atomic E-state index is 0.321. The van der Waals surface area contributed by atoms with Crippen LogP contribution in [0, 0.1) is 5.82 Å². The van der Waals surface area contributed by atoms with Gasteiger partial charge in [-0.1, -0.05) is 17.7 Å². The standard InChI is InChI=1S/C23H18ClFN6S/c24-15-5-9-17(10-6-15)31-21(26)19-20(14-3-7-16(25)8-4-14)28-23(29-22(19)30-31)27-12-11-18-2-1-13-32-18/h1-10,13H,11-12,26H2,(H,27,29,30). The Kier molecular flexibility index (Phi) is 5.46. The van der Waals surface area contributed by atoms with Gasteiger partial charge in [0.1, 0.15) is 11.6 Å². The number of nitrogen functional groups attached to an aromatic ring is 1. The van der Waals surface area contributed by atoms with E-state index in [1.807, 2.05) is 18.2 Å². The Bertz CT molecular complexity index is 1360. The SMILES string of the molecule is Nc1c2c(-c3ccc(F)cc3)nc(NCCc3cccs3)nc2nn1-c1ccc(Cl)cc1. The quantitative estimate of drug-likeness (QED) is 0.343. The van der Waals surface area contributed by atoms with Crippen molar-refractivity contribution in [2.24, 2.45) is 0 Å². The number of benzene rings is 2. The molecule has 0 saturated heterocycles. The lowest BCUT2D eigenvalue weighted by Gasteiger charge is -2.08. The van der Waals surface area contributed by atoms with Gasteiger partial charge in [-0.3, -0.25) is 0 Å². The Balaban J connectivity index is 1.59. The van der Waals surface area contributed by atoms with Gasteiger partial charge in [0.15, 0.2) is 5.65 Å². The highest BCUT2D eigenvalue weighted by atomic mass is 35.5. The zero-order valence-electron chi connectivity index (χ0n) is 16.8. The first kappa shape index (κ1) is 20.4. The summed E-state index contributed by atoms with van der Waals surface area (Å²) < 4.78 is 15.1. The van der Waals surface area contributed by atoms with Crippen LogP contribution in [0.1, 0.15) is 4.88 Å². The number of halogens is 2. The van der Waals surface area contributed by atoms with Crippen molar-refractivity contribution >= 4 is 45.7 Å². The third-order valence-electron chi connectivity index (χ3n) is 4.99. The zero-order valence-corrected chi connectivity index (χ0v) is 18.4. The maximum Gasteiger partial charge on any atom is 0.225 e. The van der Waals surface area contributed by atoms with Crippen molar-refractivity contribution in [3.8, 4) is 16.9 Å². The minimum atomic E-state index is -0.321. The van der Waals surface area contributed by atoms with Crippen LogP contribution in [0.5, 0.6) is 0 Å². The van der Waals surface area contributed by atoms with Crippen LogP contribution in [0.15, 0.2) is 66.0 Å². The Morgan fingerprint density at radius 3 is 2.53 bits per heavy atom. The van der Waals surface area contributed by atoms with Crippen molar-refractivity contribution in [3.05, 3.63) is 81.8 Å². The highest BCUT2D eigenvalue weighted by Crippen LogP contribution is 2.33. The second kappa shape index (κ2) is 8.57. The number of fused-ring (bicyclic) bond motifs is 1. The fourth-order valence-corrected chi connectivity index (χ4v) is 4.27. The van der Waals surface area contributed by atoms with Crippen LogP contribution < -0.4 is 11.1 Å². The average molecular weight is 465 g/mol. The van der Waals surface area contributed by atoms with Crippen molar-refractivity contribution < 1.29 is 4.39 Å². The third kappa shape index (κ3) is 4.02. The number of hydrogen-bond donors (Lipinski definition) is 2. The first-order valence-electron chi connectivity index (χ1n) is 9.93. The van der Waals surface area contributed by atoms with Gasteiger partial charge in [0, 0.05) is 22.0 Å². The average Bonchev–Trinajstić information content (AvgIpc) is 3.43. The molecule has 3 N–H and O–H groups in total. The molecule has 0 radical (unpaired) electrons. The summed E-state index contributed by atoms with van der Waals surface area (Å²) in [5, 5.41) is 11.2. The second-order valence-corrected chi connectivity index (χ2v) is 8.60. The van der Waals surface area contributed by atoms with Crippen LogP contribution in [0.2, 0.25) is 5.02 Å². The maximum atomic E-state index is 13.5. The zero-order chi connectivity index (χ0) is 22.1. The fraction of sp³-hybridized carbons (Fsp3) is 0.0870. The molecule has 0 aliphatic rings. The van der Waals surface area contributed by atoms with Crippen molar-refractivity contribution in [1.82, 2.24) is 19.7 Å². The van der Waals surface area contributed by atoms with E-state index in [0.29, 0.717) is 40.1 Å². The summed E-state index contributed by atoms with van der Waals surface area (Å²) in [6.07, 6.45) is 0.853. The molecule has 3 aromatic heterocycles. The van der Waals surface area contributed by atoms with Gasteiger partial charge in [0.25, 0.3) is 0 Å².